The molecule has 0 aliphatic carbocycles. The second-order valence-corrected chi connectivity index (χ2v) is 7.60. The number of hydrogen-bond acceptors (Lipinski definition) is 6. The predicted octanol–water partition coefficient (Wildman–Crippen LogP) is 1.45. The van der Waals surface area contributed by atoms with E-state index in [2.05, 4.69) is 21.2 Å². The molecule has 1 aromatic carbocycles. The minimum atomic E-state index is -0.948. The summed E-state index contributed by atoms with van der Waals surface area (Å²) in [5.41, 5.74) is 1.42. The van der Waals surface area contributed by atoms with Crippen LogP contribution in [0.5, 0.6) is 0 Å². The number of halogens is 1. The van der Waals surface area contributed by atoms with Crippen molar-refractivity contribution >= 4 is 39.6 Å². The summed E-state index contributed by atoms with van der Waals surface area (Å²) < 4.78 is 10.8. The van der Waals surface area contributed by atoms with E-state index >= 15 is 0 Å². The summed E-state index contributed by atoms with van der Waals surface area (Å²) in [6, 6.07) is 4.21. The molecule has 1 N–H and O–H groups in total. The van der Waals surface area contributed by atoms with Gasteiger partial charge in [0.25, 0.3) is 11.8 Å². The quantitative estimate of drug-likeness (QED) is 0.318. The first kappa shape index (κ1) is 21.6. The first-order valence-electron chi connectivity index (χ1n) is 9.59. The molecule has 0 saturated carbocycles. The van der Waals surface area contributed by atoms with Crippen LogP contribution in [0.1, 0.15) is 45.5 Å². The van der Waals surface area contributed by atoms with E-state index in [0.29, 0.717) is 50.4 Å². The summed E-state index contributed by atoms with van der Waals surface area (Å²) >= 11 is 3.28. The van der Waals surface area contributed by atoms with E-state index in [1.807, 2.05) is 6.07 Å². The first-order chi connectivity index (χ1) is 14.0. The number of nitrogens with zero attached hydrogens (tertiary/aromatic N) is 1. The fraction of sp³-hybridized carbons (Fsp3) is 0.500. The third-order valence-electron chi connectivity index (χ3n) is 4.88. The Morgan fingerprint density at radius 1 is 1.03 bits per heavy atom. The lowest BCUT2D eigenvalue weighted by Gasteiger charge is -2.27. The number of benzene rings is 1. The number of nitrogens with one attached hydrogen (secondary N) is 1. The second-order valence-electron chi connectivity index (χ2n) is 6.80. The Balaban J connectivity index is 1.61. The smallest absolute Gasteiger partial charge is 0.262 e. The van der Waals surface area contributed by atoms with Crippen LogP contribution in [0.2, 0.25) is 0 Å². The molecule has 2 aliphatic rings. The summed E-state index contributed by atoms with van der Waals surface area (Å²) in [6.07, 6.45) is 1.52. The number of carbonyl (C=O) groups excluding carboxylic acids is 4. The molecule has 9 heteroatoms. The van der Waals surface area contributed by atoms with Gasteiger partial charge in [-0.05, 0) is 30.9 Å². The summed E-state index contributed by atoms with van der Waals surface area (Å²) in [5.74, 6) is -1.95. The van der Waals surface area contributed by atoms with E-state index < -0.39 is 23.8 Å². The Kier molecular flexibility index (Phi) is 7.51. The van der Waals surface area contributed by atoms with Gasteiger partial charge >= 0.3 is 0 Å². The van der Waals surface area contributed by atoms with Crippen molar-refractivity contribution in [2.24, 2.45) is 0 Å². The Labute approximate surface area is 177 Å². The summed E-state index contributed by atoms with van der Waals surface area (Å²) in [4.78, 5) is 50.3. The number of hydrogen-bond donors (Lipinski definition) is 1. The normalized spacial score (nSPS) is 18.9. The molecule has 2 heterocycles. The van der Waals surface area contributed by atoms with Crippen molar-refractivity contribution in [2.75, 3.05) is 31.8 Å². The average Bonchev–Trinajstić information content (AvgIpc) is 2.95. The van der Waals surface area contributed by atoms with E-state index in [0.717, 1.165) is 15.8 Å². The fourth-order valence-electron chi connectivity index (χ4n) is 3.53. The molecule has 1 saturated heterocycles. The van der Waals surface area contributed by atoms with E-state index in [1.165, 1.54) is 0 Å². The maximum atomic E-state index is 13.0. The molecule has 156 valence electrons. The molecule has 1 aromatic rings. The zero-order chi connectivity index (χ0) is 20.8. The van der Waals surface area contributed by atoms with Crippen molar-refractivity contribution < 1.29 is 28.7 Å². The third-order valence-corrected chi connectivity index (χ3v) is 5.21. The molecule has 0 bridgehead atoms. The molecule has 8 nitrogen and oxygen atoms in total. The van der Waals surface area contributed by atoms with Crippen molar-refractivity contribution in [3.8, 4) is 0 Å². The predicted molar refractivity (Wildman–Crippen MR) is 107 cm³/mol. The Morgan fingerprint density at radius 2 is 1.79 bits per heavy atom. The largest absolute Gasteiger partial charge is 0.379 e. The van der Waals surface area contributed by atoms with Gasteiger partial charge in [0.2, 0.25) is 11.8 Å². The number of piperidine rings is 1. The van der Waals surface area contributed by atoms with Crippen LogP contribution in [0.4, 0.5) is 0 Å². The third kappa shape index (κ3) is 4.91. The molecule has 29 heavy (non-hydrogen) atoms. The van der Waals surface area contributed by atoms with Gasteiger partial charge in [-0.15, -0.1) is 0 Å². The van der Waals surface area contributed by atoms with Gasteiger partial charge in [-0.1, -0.05) is 28.1 Å². The number of carbonyl (C=O) groups is 4. The number of rotatable bonds is 10. The second kappa shape index (κ2) is 10.1. The molecular formula is C20H23BrN2O6. The zero-order valence-electron chi connectivity index (χ0n) is 15.9. The highest BCUT2D eigenvalue weighted by molar-refractivity contribution is 9.09. The van der Waals surface area contributed by atoms with Crippen LogP contribution >= 0.6 is 15.9 Å². The number of alkyl halides is 1. The minimum Gasteiger partial charge on any atom is -0.379 e. The van der Waals surface area contributed by atoms with Crippen molar-refractivity contribution in [3.05, 3.63) is 34.9 Å². The molecular weight excluding hydrogens is 444 g/mol. The molecule has 3 rings (SSSR count). The van der Waals surface area contributed by atoms with E-state index in [4.69, 9.17) is 9.47 Å². The lowest BCUT2D eigenvalue weighted by atomic mass is 9.99. The van der Waals surface area contributed by atoms with Crippen LogP contribution in [-0.2, 0) is 25.5 Å². The van der Waals surface area contributed by atoms with Crippen LogP contribution in [0.15, 0.2) is 18.2 Å². The van der Waals surface area contributed by atoms with Crippen LogP contribution in [0, 0.1) is 0 Å². The van der Waals surface area contributed by atoms with Crippen molar-refractivity contribution in [1.82, 2.24) is 10.2 Å². The maximum Gasteiger partial charge on any atom is 0.262 e. The molecule has 2 aliphatic heterocycles. The van der Waals surface area contributed by atoms with Gasteiger partial charge in [0.15, 0.2) is 0 Å². The van der Waals surface area contributed by atoms with Crippen LogP contribution in [-0.4, -0.2) is 66.3 Å². The summed E-state index contributed by atoms with van der Waals surface area (Å²) in [5, 5.41) is 2.99. The number of ether oxygens (including phenoxy) is 2. The molecule has 4 amide bonds. The zero-order valence-corrected chi connectivity index (χ0v) is 17.5. The van der Waals surface area contributed by atoms with Crippen molar-refractivity contribution in [1.29, 1.82) is 0 Å². The van der Waals surface area contributed by atoms with Crippen molar-refractivity contribution in [3.63, 3.8) is 0 Å². The highest BCUT2D eigenvalue weighted by Gasteiger charge is 2.45. The highest BCUT2D eigenvalue weighted by Crippen LogP contribution is 2.30. The number of amides is 4. The van der Waals surface area contributed by atoms with Gasteiger partial charge in [0.1, 0.15) is 6.04 Å². The van der Waals surface area contributed by atoms with E-state index in [1.54, 1.807) is 12.1 Å². The van der Waals surface area contributed by atoms with Crippen LogP contribution < -0.4 is 5.32 Å². The Bertz CT molecular complexity index is 812. The lowest BCUT2D eigenvalue weighted by molar-refractivity contribution is -0.136. The summed E-state index contributed by atoms with van der Waals surface area (Å²) in [6.45, 7) is 2.18. The van der Waals surface area contributed by atoms with Gasteiger partial charge in [-0.25, -0.2) is 0 Å². The molecule has 0 aromatic heterocycles. The first-order valence-corrected chi connectivity index (χ1v) is 10.7. The van der Waals surface area contributed by atoms with Crippen molar-refractivity contribution in [2.45, 2.75) is 31.7 Å². The lowest BCUT2D eigenvalue weighted by Crippen LogP contribution is -2.54. The molecule has 1 atom stereocenters. The topological polar surface area (TPSA) is 102 Å². The Hall–Kier alpha value is -2.10. The summed E-state index contributed by atoms with van der Waals surface area (Å²) in [7, 11) is 0. The molecule has 0 radical (unpaired) electrons. The average molecular weight is 467 g/mol. The molecule has 0 spiro atoms. The SMILES string of the molecule is O=C1CCC(N2C(=O)c3cccc(CCCOCCOCCBr)c3C2=O)C(=O)N1. The number of aryl methyl sites for hydroxylation is 1. The van der Waals surface area contributed by atoms with Gasteiger partial charge in [0, 0.05) is 18.4 Å². The maximum absolute atomic E-state index is 13.0. The van der Waals surface area contributed by atoms with Gasteiger partial charge in [0.05, 0.1) is 30.9 Å². The standard InChI is InChI=1S/C20H23BrN2O6/c21-8-10-29-12-11-28-9-2-4-13-3-1-5-14-17(13)20(27)23(19(14)26)15-6-7-16(24)22-18(15)25/h1,3,5,15H,2,4,6-12H2,(H,22,24,25). The fourth-order valence-corrected chi connectivity index (χ4v) is 3.76. The van der Waals surface area contributed by atoms with Crippen LogP contribution in [0.25, 0.3) is 0 Å². The van der Waals surface area contributed by atoms with E-state index in [-0.39, 0.29) is 18.7 Å². The highest BCUT2D eigenvalue weighted by atomic mass is 79.9. The number of fused-ring (bicyclic) bond motifs is 1. The minimum absolute atomic E-state index is 0.105. The van der Waals surface area contributed by atoms with Gasteiger partial charge in [-0.3, -0.25) is 29.4 Å². The monoisotopic (exact) mass is 466 g/mol. The van der Waals surface area contributed by atoms with E-state index in [9.17, 15) is 19.2 Å². The molecule has 1 unspecified atom stereocenters. The number of imide groups is 2. The molecule has 1 fully saturated rings. The van der Waals surface area contributed by atoms with Gasteiger partial charge in [-0.2, -0.15) is 0 Å². The Morgan fingerprint density at radius 3 is 2.52 bits per heavy atom. The van der Waals surface area contributed by atoms with Crippen LogP contribution in [0.3, 0.4) is 0 Å². The van der Waals surface area contributed by atoms with Gasteiger partial charge < -0.3 is 9.47 Å².